The summed E-state index contributed by atoms with van der Waals surface area (Å²) in [4.78, 5) is 0. The van der Waals surface area contributed by atoms with Crippen LogP contribution in [0.15, 0.2) is 72.8 Å². The molecule has 29 heavy (non-hydrogen) atoms. The Morgan fingerprint density at radius 1 is 0.552 bits per heavy atom. The van der Waals surface area contributed by atoms with Crippen LogP contribution in [0.4, 0.5) is 0 Å². The molecule has 0 saturated carbocycles. The van der Waals surface area contributed by atoms with E-state index in [4.69, 9.17) is 0 Å². The Morgan fingerprint density at radius 3 is 1.34 bits per heavy atom. The highest BCUT2D eigenvalue weighted by Crippen LogP contribution is 2.46. The van der Waals surface area contributed by atoms with Crippen LogP contribution in [-0.4, -0.2) is 10.2 Å². The number of benzene rings is 3. The van der Waals surface area contributed by atoms with Gasteiger partial charge in [-0.2, -0.15) is 0 Å². The van der Waals surface area contributed by atoms with E-state index in [-0.39, 0.29) is 16.6 Å². The SMILES string of the molecule is CC(C)(C)c1cc(C(C)(C)C)c(O)c(C(O)(c2ccccc2)c2ccccc2)c1. The summed E-state index contributed by atoms with van der Waals surface area (Å²) in [5, 5.41) is 23.6. The van der Waals surface area contributed by atoms with Crippen LogP contribution in [0, 0.1) is 0 Å². The second kappa shape index (κ2) is 7.35. The van der Waals surface area contributed by atoms with E-state index in [0.29, 0.717) is 5.56 Å². The lowest BCUT2D eigenvalue weighted by Gasteiger charge is -2.35. The van der Waals surface area contributed by atoms with Gasteiger partial charge in [-0.05, 0) is 39.2 Å². The average molecular weight is 389 g/mol. The third-order valence-corrected chi connectivity index (χ3v) is 5.56. The minimum absolute atomic E-state index is 0.128. The maximum atomic E-state index is 12.2. The van der Waals surface area contributed by atoms with Crippen molar-refractivity contribution in [1.82, 2.24) is 0 Å². The third-order valence-electron chi connectivity index (χ3n) is 5.56. The highest BCUT2D eigenvalue weighted by molar-refractivity contribution is 5.58. The van der Waals surface area contributed by atoms with Crippen LogP contribution < -0.4 is 0 Å². The molecule has 2 nitrogen and oxygen atoms in total. The molecular weight excluding hydrogens is 356 g/mol. The third kappa shape index (κ3) is 3.95. The zero-order valence-electron chi connectivity index (χ0n) is 18.3. The molecule has 2 N–H and O–H groups in total. The Balaban J connectivity index is 2.43. The highest BCUT2D eigenvalue weighted by Gasteiger charge is 2.39. The number of aliphatic hydroxyl groups is 1. The van der Waals surface area contributed by atoms with Crippen LogP contribution in [0.3, 0.4) is 0 Å². The number of phenols is 1. The van der Waals surface area contributed by atoms with E-state index in [1.54, 1.807) is 0 Å². The molecule has 0 bridgehead atoms. The summed E-state index contributed by atoms with van der Waals surface area (Å²) in [6.45, 7) is 12.7. The zero-order chi connectivity index (χ0) is 21.4. The predicted molar refractivity (Wildman–Crippen MR) is 120 cm³/mol. The number of rotatable bonds is 3. The molecule has 0 aliphatic heterocycles. The molecule has 2 heteroatoms. The van der Waals surface area contributed by atoms with Crippen molar-refractivity contribution in [2.24, 2.45) is 0 Å². The zero-order valence-corrected chi connectivity index (χ0v) is 18.3. The van der Waals surface area contributed by atoms with Crippen molar-refractivity contribution in [2.75, 3.05) is 0 Å². The summed E-state index contributed by atoms with van der Waals surface area (Å²) in [6.07, 6.45) is 0. The van der Waals surface area contributed by atoms with Crippen LogP contribution in [0.25, 0.3) is 0 Å². The number of phenolic OH excluding ortho intramolecular Hbond substituents is 1. The van der Waals surface area contributed by atoms with Gasteiger partial charge in [0.25, 0.3) is 0 Å². The topological polar surface area (TPSA) is 40.5 Å². The number of aromatic hydroxyl groups is 1. The van der Waals surface area contributed by atoms with Gasteiger partial charge >= 0.3 is 0 Å². The Morgan fingerprint density at radius 2 is 0.966 bits per heavy atom. The van der Waals surface area contributed by atoms with E-state index in [2.05, 4.69) is 47.6 Å². The van der Waals surface area contributed by atoms with Crippen molar-refractivity contribution >= 4 is 0 Å². The van der Waals surface area contributed by atoms with Crippen molar-refractivity contribution in [3.63, 3.8) is 0 Å². The van der Waals surface area contributed by atoms with Crippen molar-refractivity contribution in [1.29, 1.82) is 0 Å². The molecule has 3 aromatic rings. The molecule has 0 spiro atoms. The average Bonchev–Trinajstić information content (AvgIpc) is 2.67. The fourth-order valence-corrected chi connectivity index (χ4v) is 3.75. The molecule has 0 unspecified atom stereocenters. The van der Waals surface area contributed by atoms with Crippen LogP contribution in [0.5, 0.6) is 5.75 Å². The van der Waals surface area contributed by atoms with E-state index in [1.807, 2.05) is 66.7 Å². The van der Waals surface area contributed by atoms with Gasteiger partial charge in [0, 0.05) is 5.56 Å². The van der Waals surface area contributed by atoms with E-state index < -0.39 is 5.60 Å². The first-order valence-corrected chi connectivity index (χ1v) is 10.2. The first-order chi connectivity index (χ1) is 13.5. The first-order valence-electron chi connectivity index (χ1n) is 10.2. The van der Waals surface area contributed by atoms with Gasteiger partial charge in [-0.15, -0.1) is 0 Å². The molecule has 0 aliphatic carbocycles. The van der Waals surface area contributed by atoms with Gasteiger partial charge in [-0.25, -0.2) is 0 Å². The summed E-state index contributed by atoms with van der Waals surface area (Å²) < 4.78 is 0. The molecule has 0 heterocycles. The molecule has 3 rings (SSSR count). The Bertz CT molecular complexity index is 935. The van der Waals surface area contributed by atoms with Gasteiger partial charge in [0.15, 0.2) is 0 Å². The van der Waals surface area contributed by atoms with E-state index >= 15 is 0 Å². The lowest BCUT2D eigenvalue weighted by atomic mass is 9.73. The van der Waals surface area contributed by atoms with Gasteiger partial charge in [0.1, 0.15) is 11.4 Å². The smallest absolute Gasteiger partial charge is 0.144 e. The quantitative estimate of drug-likeness (QED) is 0.519. The molecule has 0 radical (unpaired) electrons. The van der Waals surface area contributed by atoms with Crippen LogP contribution in [-0.2, 0) is 16.4 Å². The molecular formula is C27H32O2. The van der Waals surface area contributed by atoms with Crippen molar-refractivity contribution in [3.8, 4) is 5.75 Å². The van der Waals surface area contributed by atoms with Crippen LogP contribution in [0.2, 0.25) is 0 Å². The molecule has 0 aliphatic rings. The lowest BCUT2D eigenvalue weighted by molar-refractivity contribution is 0.122. The number of hydrogen-bond acceptors (Lipinski definition) is 2. The number of hydrogen-bond donors (Lipinski definition) is 2. The summed E-state index contributed by atoms with van der Waals surface area (Å²) in [7, 11) is 0. The molecule has 0 saturated heterocycles. The Kier molecular flexibility index (Phi) is 5.36. The lowest BCUT2D eigenvalue weighted by Crippen LogP contribution is -2.30. The first kappa shape index (κ1) is 21.1. The Labute approximate surface area is 174 Å². The van der Waals surface area contributed by atoms with E-state index in [0.717, 1.165) is 22.3 Å². The van der Waals surface area contributed by atoms with Gasteiger partial charge in [-0.1, -0.05) is 108 Å². The standard InChI is InChI=1S/C27H32O2/c1-25(2,3)21-17-22(26(4,5)6)24(28)23(18-21)27(29,19-13-9-7-10-14-19)20-15-11-8-12-16-20/h7-18,28-29H,1-6H3. The van der Waals surface area contributed by atoms with Crippen molar-refractivity contribution in [3.05, 3.63) is 101 Å². The minimum atomic E-state index is -1.46. The maximum Gasteiger partial charge on any atom is 0.144 e. The highest BCUT2D eigenvalue weighted by atomic mass is 16.3. The second-order valence-corrected chi connectivity index (χ2v) is 9.86. The fourth-order valence-electron chi connectivity index (χ4n) is 3.75. The van der Waals surface area contributed by atoms with Gasteiger partial charge in [-0.3, -0.25) is 0 Å². The van der Waals surface area contributed by atoms with Crippen LogP contribution >= 0.6 is 0 Å². The van der Waals surface area contributed by atoms with E-state index in [9.17, 15) is 10.2 Å². The van der Waals surface area contributed by atoms with Gasteiger partial charge in [0.2, 0.25) is 0 Å². The molecule has 0 atom stereocenters. The molecule has 0 fully saturated rings. The molecule has 0 amide bonds. The summed E-state index contributed by atoms with van der Waals surface area (Å²) in [5.41, 5.74) is 2.04. The normalized spacial score (nSPS) is 12.8. The van der Waals surface area contributed by atoms with Gasteiger partial charge in [0.05, 0.1) is 0 Å². The second-order valence-electron chi connectivity index (χ2n) is 9.86. The molecule has 0 aromatic heterocycles. The monoisotopic (exact) mass is 388 g/mol. The summed E-state index contributed by atoms with van der Waals surface area (Å²) in [6, 6.07) is 23.2. The van der Waals surface area contributed by atoms with Crippen LogP contribution in [0.1, 0.15) is 69.4 Å². The summed E-state index contributed by atoms with van der Waals surface area (Å²) >= 11 is 0. The predicted octanol–water partition coefficient (Wildman–Crippen LogP) is 6.27. The van der Waals surface area contributed by atoms with E-state index in [1.165, 1.54) is 0 Å². The Hall–Kier alpha value is -2.58. The maximum absolute atomic E-state index is 12.2. The minimum Gasteiger partial charge on any atom is -0.507 e. The molecule has 152 valence electrons. The summed E-state index contributed by atoms with van der Waals surface area (Å²) in [5.74, 6) is 0.153. The van der Waals surface area contributed by atoms with Crippen molar-refractivity contribution in [2.45, 2.75) is 58.0 Å². The largest absolute Gasteiger partial charge is 0.507 e. The fraction of sp³-hybridized carbons (Fsp3) is 0.333. The molecule has 3 aromatic carbocycles. The van der Waals surface area contributed by atoms with Gasteiger partial charge < -0.3 is 10.2 Å². The van der Waals surface area contributed by atoms with Crippen molar-refractivity contribution < 1.29 is 10.2 Å².